The minimum atomic E-state index is -0.673. The van der Waals surface area contributed by atoms with Gasteiger partial charge in [0.15, 0.2) is 6.29 Å². The molecule has 7 unspecified atom stereocenters. The van der Waals surface area contributed by atoms with E-state index in [0.717, 1.165) is 45.6 Å². The van der Waals surface area contributed by atoms with Gasteiger partial charge in [0.1, 0.15) is 6.10 Å². The van der Waals surface area contributed by atoms with Gasteiger partial charge in [-0.25, -0.2) is 0 Å². The van der Waals surface area contributed by atoms with Crippen LogP contribution in [0.4, 0.5) is 0 Å². The Bertz CT molecular complexity index is 821. The molecule has 4 heterocycles. The lowest BCUT2D eigenvalue weighted by atomic mass is 9.72. The summed E-state index contributed by atoms with van der Waals surface area (Å²) in [7, 11) is 0. The smallest absolute Gasteiger partial charge is 0.159 e. The summed E-state index contributed by atoms with van der Waals surface area (Å²) < 4.78 is 31.9. The van der Waals surface area contributed by atoms with Crippen LogP contribution in [-0.4, -0.2) is 96.5 Å². The Labute approximate surface area is 242 Å². The van der Waals surface area contributed by atoms with Gasteiger partial charge in [-0.3, -0.25) is 4.90 Å². The van der Waals surface area contributed by atoms with Crippen molar-refractivity contribution in [3.05, 3.63) is 12.3 Å². The molecule has 4 aliphatic heterocycles. The van der Waals surface area contributed by atoms with Crippen LogP contribution in [0.15, 0.2) is 12.3 Å². The van der Waals surface area contributed by atoms with E-state index in [1.165, 1.54) is 0 Å². The highest BCUT2D eigenvalue weighted by Gasteiger charge is 2.53. The van der Waals surface area contributed by atoms with Crippen molar-refractivity contribution in [1.82, 2.24) is 4.90 Å². The summed E-state index contributed by atoms with van der Waals surface area (Å²) >= 11 is 0. The van der Waals surface area contributed by atoms with Crippen LogP contribution >= 0.6 is 0 Å². The van der Waals surface area contributed by atoms with Crippen LogP contribution in [0.3, 0.4) is 0 Å². The van der Waals surface area contributed by atoms with Crippen molar-refractivity contribution in [3.63, 3.8) is 0 Å². The zero-order chi connectivity index (χ0) is 29.2. The van der Waals surface area contributed by atoms with Gasteiger partial charge in [0, 0.05) is 49.7 Å². The highest BCUT2D eigenvalue weighted by molar-refractivity contribution is 5.04. The van der Waals surface area contributed by atoms with Crippen LogP contribution in [0.25, 0.3) is 0 Å². The molecule has 0 saturated carbocycles. The Morgan fingerprint density at radius 3 is 2.48 bits per heavy atom. The zero-order valence-corrected chi connectivity index (χ0v) is 26.1. The third kappa shape index (κ3) is 7.24. The summed E-state index contributed by atoms with van der Waals surface area (Å²) in [6, 6.07) is 0.424. The molecule has 8 nitrogen and oxygen atoms in total. The minimum Gasteiger partial charge on any atom is -0.495 e. The third-order valence-corrected chi connectivity index (χ3v) is 10.5. The van der Waals surface area contributed by atoms with E-state index >= 15 is 0 Å². The largest absolute Gasteiger partial charge is 0.495 e. The van der Waals surface area contributed by atoms with Gasteiger partial charge in [0.05, 0.1) is 55.6 Å². The molecule has 0 aromatic heterocycles. The molecule has 2 N–H and O–H groups in total. The molecule has 4 fully saturated rings. The van der Waals surface area contributed by atoms with Crippen molar-refractivity contribution in [2.24, 2.45) is 29.6 Å². The second-order valence-electron chi connectivity index (χ2n) is 13.6. The van der Waals surface area contributed by atoms with Crippen molar-refractivity contribution in [1.29, 1.82) is 0 Å². The van der Waals surface area contributed by atoms with Crippen LogP contribution in [0.1, 0.15) is 80.6 Å². The van der Waals surface area contributed by atoms with E-state index in [-0.39, 0.29) is 48.3 Å². The van der Waals surface area contributed by atoms with Gasteiger partial charge in [-0.05, 0) is 44.9 Å². The second kappa shape index (κ2) is 13.7. The predicted molar refractivity (Wildman–Crippen MR) is 155 cm³/mol. The molecule has 0 amide bonds. The average molecular weight is 568 g/mol. The Morgan fingerprint density at radius 2 is 1.80 bits per heavy atom. The van der Waals surface area contributed by atoms with E-state index in [2.05, 4.69) is 46.1 Å². The molecule has 0 spiro atoms. The molecule has 232 valence electrons. The Hall–Kier alpha value is -0.740. The molecular formula is C32H57NO7. The van der Waals surface area contributed by atoms with E-state index in [1.807, 2.05) is 13.8 Å². The number of hydrogen-bond donors (Lipinski definition) is 2. The quantitative estimate of drug-likeness (QED) is 0.469. The lowest BCUT2D eigenvalue weighted by molar-refractivity contribution is -0.226. The molecule has 0 aliphatic carbocycles. The first-order valence-electron chi connectivity index (χ1n) is 15.9. The maximum atomic E-state index is 11.6. The van der Waals surface area contributed by atoms with Gasteiger partial charge in [-0.15, -0.1) is 0 Å². The number of ether oxygens (including phenoxy) is 5. The number of nitrogens with zero attached hydrogens (tertiary/aromatic N) is 1. The van der Waals surface area contributed by atoms with E-state index in [0.29, 0.717) is 37.2 Å². The first kappa shape index (κ1) is 32.2. The fourth-order valence-corrected chi connectivity index (χ4v) is 7.81. The lowest BCUT2D eigenvalue weighted by Crippen LogP contribution is -2.51. The minimum absolute atomic E-state index is 0.0243. The summed E-state index contributed by atoms with van der Waals surface area (Å²) in [5.74, 6) is 0.519. The second-order valence-corrected chi connectivity index (χ2v) is 13.6. The highest BCUT2D eigenvalue weighted by atomic mass is 16.7. The molecular weight excluding hydrogens is 510 g/mol. The van der Waals surface area contributed by atoms with Crippen LogP contribution in [0.2, 0.25) is 0 Å². The molecule has 4 rings (SSSR count). The molecule has 13 atom stereocenters. The predicted octanol–water partition coefficient (Wildman–Crippen LogP) is 4.37. The SMILES string of the molecule is C=C1OC(C[C@H](O)CC)[C@@H](C)C2O[C@@](C)(CC2C)[C@H](COC2CC(N3CCOCC3)CC(C)O2)C(C)[C@H](O)[C@H]1C. The Morgan fingerprint density at radius 1 is 1.10 bits per heavy atom. The highest BCUT2D eigenvalue weighted by Crippen LogP contribution is 2.48. The van der Waals surface area contributed by atoms with Crippen LogP contribution < -0.4 is 0 Å². The van der Waals surface area contributed by atoms with Gasteiger partial charge in [0.2, 0.25) is 0 Å². The van der Waals surface area contributed by atoms with Crippen molar-refractivity contribution in [3.8, 4) is 0 Å². The van der Waals surface area contributed by atoms with E-state index in [4.69, 9.17) is 23.7 Å². The topological polar surface area (TPSA) is 89.9 Å². The van der Waals surface area contributed by atoms with Gasteiger partial charge in [0.25, 0.3) is 0 Å². The van der Waals surface area contributed by atoms with Crippen molar-refractivity contribution >= 4 is 0 Å². The van der Waals surface area contributed by atoms with E-state index in [9.17, 15) is 10.2 Å². The van der Waals surface area contributed by atoms with E-state index in [1.54, 1.807) is 0 Å². The molecule has 0 aromatic rings. The molecule has 8 heteroatoms. The number of aliphatic hydroxyl groups excluding tert-OH is 2. The summed E-state index contributed by atoms with van der Waals surface area (Å²) in [5.41, 5.74) is -0.470. The first-order chi connectivity index (χ1) is 18.9. The Kier molecular flexibility index (Phi) is 11.0. The summed E-state index contributed by atoms with van der Waals surface area (Å²) in [6.07, 6.45) is 2.37. The maximum Gasteiger partial charge on any atom is 0.159 e. The number of morpholine rings is 1. The summed E-state index contributed by atoms with van der Waals surface area (Å²) in [6.45, 7) is 23.0. The monoisotopic (exact) mass is 567 g/mol. The first-order valence-corrected chi connectivity index (χ1v) is 15.9. The van der Waals surface area contributed by atoms with Crippen molar-refractivity contribution < 1.29 is 33.9 Å². The number of fused-ring (bicyclic) bond motifs is 2. The molecule has 2 bridgehead atoms. The molecule has 4 aliphatic rings. The van der Waals surface area contributed by atoms with E-state index < -0.39 is 17.8 Å². The molecule has 4 saturated heterocycles. The van der Waals surface area contributed by atoms with Crippen LogP contribution in [0.5, 0.6) is 0 Å². The van der Waals surface area contributed by atoms with Crippen molar-refractivity contribution in [2.45, 2.75) is 129 Å². The number of hydrogen-bond acceptors (Lipinski definition) is 8. The standard InChI is InChI=1S/C32H57NO7/c1-9-26(34)16-28-23(6)31-19(2)17-32(8,40-31)27(22(5)30(35)21(4)24(7)39-28)18-37-29-15-25(14-20(3)38-29)33-10-12-36-13-11-33/h19-23,25-31,34-35H,7,9-18H2,1-6,8H3/t19?,20?,21-,22?,23+,25?,26+,27+,28?,29?,30+,31?,32-/m0/s1. The fraction of sp³-hybridized carbons (Fsp3) is 0.938. The van der Waals surface area contributed by atoms with Gasteiger partial charge >= 0.3 is 0 Å². The molecule has 0 radical (unpaired) electrons. The molecule has 40 heavy (non-hydrogen) atoms. The van der Waals surface area contributed by atoms with Crippen molar-refractivity contribution in [2.75, 3.05) is 32.9 Å². The zero-order valence-electron chi connectivity index (χ0n) is 26.1. The molecule has 0 aromatic carbocycles. The number of rotatable bonds is 7. The number of aliphatic hydroxyl groups is 2. The lowest BCUT2D eigenvalue weighted by Gasteiger charge is -2.44. The Balaban J connectivity index is 1.54. The fourth-order valence-electron chi connectivity index (χ4n) is 7.81. The van der Waals surface area contributed by atoms with Crippen LogP contribution in [0, 0.1) is 29.6 Å². The van der Waals surface area contributed by atoms with Gasteiger partial charge < -0.3 is 33.9 Å². The summed E-state index contributed by atoms with van der Waals surface area (Å²) in [5, 5.41) is 22.2. The third-order valence-electron chi connectivity index (χ3n) is 10.5. The van der Waals surface area contributed by atoms with Gasteiger partial charge in [-0.2, -0.15) is 0 Å². The maximum absolute atomic E-state index is 11.6. The van der Waals surface area contributed by atoms with Gasteiger partial charge in [-0.1, -0.05) is 41.2 Å². The average Bonchev–Trinajstić information content (AvgIpc) is 3.25. The summed E-state index contributed by atoms with van der Waals surface area (Å²) in [4.78, 5) is 2.52. The normalized spacial score (nSPS) is 46.4. The van der Waals surface area contributed by atoms with Crippen LogP contribution in [-0.2, 0) is 23.7 Å².